The van der Waals surface area contributed by atoms with Gasteiger partial charge in [0.1, 0.15) is 0 Å². The Balaban J connectivity index is 1.76. The number of nitro benzene ring substituents is 1. The number of nitro groups is 1. The third-order valence-corrected chi connectivity index (χ3v) is 5.26. The molecule has 0 unspecified atom stereocenters. The number of aromatic nitrogens is 1. The molecule has 2 N–H and O–H groups in total. The largest absolute Gasteiger partial charge is 0.494 e. The minimum atomic E-state index is -0.645. The number of non-ortho nitro benzene ring substituents is 1. The van der Waals surface area contributed by atoms with Crippen molar-refractivity contribution < 1.29 is 15.1 Å². The van der Waals surface area contributed by atoms with Crippen LogP contribution >= 0.6 is 0 Å². The Labute approximate surface area is 150 Å². The van der Waals surface area contributed by atoms with E-state index in [1.165, 1.54) is 16.7 Å². The van der Waals surface area contributed by atoms with Gasteiger partial charge in [-0.05, 0) is 17.5 Å². The van der Waals surface area contributed by atoms with Gasteiger partial charge in [-0.3, -0.25) is 14.7 Å². The molecule has 6 nitrogen and oxygen atoms in total. The highest BCUT2D eigenvalue weighted by Crippen LogP contribution is 2.66. The maximum atomic E-state index is 11.1. The van der Waals surface area contributed by atoms with Crippen molar-refractivity contribution in [3.05, 3.63) is 87.0 Å². The quantitative estimate of drug-likeness (QED) is 0.539. The molecule has 2 aromatic carbocycles. The average Bonchev–Trinajstić information content (AvgIpc) is 3.29. The fourth-order valence-electron chi connectivity index (χ4n) is 3.94. The lowest BCUT2D eigenvalue weighted by Gasteiger charge is -2.19. The first kappa shape index (κ1) is 16.2. The smallest absolute Gasteiger partial charge is 0.269 e. The summed E-state index contributed by atoms with van der Waals surface area (Å²) in [5, 5.41) is 32.5. The highest BCUT2D eigenvalue weighted by atomic mass is 16.6. The lowest BCUT2D eigenvalue weighted by atomic mass is 9.87. The summed E-state index contributed by atoms with van der Waals surface area (Å²) in [4.78, 5) is 10.7. The molecule has 4 rings (SSSR count). The summed E-state index contributed by atoms with van der Waals surface area (Å²) in [5.74, 6) is 0.0458. The molecule has 0 saturated heterocycles. The summed E-state index contributed by atoms with van der Waals surface area (Å²) in [6.45, 7) is 2.31. The van der Waals surface area contributed by atoms with Gasteiger partial charge in [0.25, 0.3) is 5.69 Å². The summed E-state index contributed by atoms with van der Waals surface area (Å²) in [6.07, 6.45) is 0.603. The van der Waals surface area contributed by atoms with Gasteiger partial charge in [0.15, 0.2) is 11.8 Å². The predicted molar refractivity (Wildman–Crippen MR) is 96.6 cm³/mol. The van der Waals surface area contributed by atoms with Gasteiger partial charge in [0, 0.05) is 23.3 Å². The Morgan fingerprint density at radius 3 is 2.27 bits per heavy atom. The Kier molecular flexibility index (Phi) is 3.50. The van der Waals surface area contributed by atoms with Crippen LogP contribution < -0.4 is 0 Å². The molecule has 0 bridgehead atoms. The lowest BCUT2D eigenvalue weighted by Crippen LogP contribution is -2.13. The first-order valence-corrected chi connectivity index (χ1v) is 8.45. The van der Waals surface area contributed by atoms with Gasteiger partial charge < -0.3 is 10.2 Å². The van der Waals surface area contributed by atoms with Gasteiger partial charge in [0.05, 0.1) is 16.9 Å². The van der Waals surface area contributed by atoms with Gasteiger partial charge in [0.2, 0.25) is 0 Å². The minimum Gasteiger partial charge on any atom is -0.494 e. The van der Waals surface area contributed by atoms with Crippen molar-refractivity contribution in [1.29, 1.82) is 0 Å². The monoisotopic (exact) mass is 350 g/mol. The van der Waals surface area contributed by atoms with Crippen LogP contribution in [0.15, 0.2) is 54.6 Å². The summed E-state index contributed by atoms with van der Waals surface area (Å²) in [6, 6.07) is 16.0. The highest BCUT2D eigenvalue weighted by molar-refractivity contribution is 5.77. The summed E-state index contributed by atoms with van der Waals surface area (Å²) >= 11 is 0. The van der Waals surface area contributed by atoms with Crippen molar-refractivity contribution >= 4 is 5.69 Å². The molecule has 1 aromatic heterocycles. The van der Waals surface area contributed by atoms with E-state index in [0.29, 0.717) is 24.1 Å². The molecule has 26 heavy (non-hydrogen) atoms. The topological polar surface area (TPSA) is 88.5 Å². The van der Waals surface area contributed by atoms with Gasteiger partial charge in [-0.15, -0.1) is 0 Å². The number of nitrogens with zero attached hydrogens (tertiary/aromatic N) is 2. The van der Waals surface area contributed by atoms with E-state index < -0.39 is 10.3 Å². The van der Waals surface area contributed by atoms with E-state index in [-0.39, 0.29) is 17.4 Å². The Bertz CT molecular complexity index is 981. The first-order chi connectivity index (χ1) is 12.5. The Morgan fingerprint density at radius 2 is 1.69 bits per heavy atom. The zero-order valence-electron chi connectivity index (χ0n) is 14.2. The zero-order valence-corrected chi connectivity index (χ0v) is 14.2. The summed E-state index contributed by atoms with van der Waals surface area (Å²) in [7, 11) is 0. The maximum Gasteiger partial charge on any atom is 0.269 e. The van der Waals surface area contributed by atoms with E-state index in [1.54, 1.807) is 12.1 Å². The second-order valence-electron chi connectivity index (χ2n) is 6.54. The average molecular weight is 350 g/mol. The van der Waals surface area contributed by atoms with E-state index in [1.807, 2.05) is 37.3 Å². The molecule has 0 amide bonds. The van der Waals surface area contributed by atoms with E-state index in [9.17, 15) is 20.3 Å². The first-order valence-electron chi connectivity index (χ1n) is 8.45. The van der Waals surface area contributed by atoms with Crippen LogP contribution in [0.3, 0.4) is 0 Å². The lowest BCUT2D eigenvalue weighted by molar-refractivity contribution is -0.384. The molecular weight excluding hydrogens is 332 g/mol. The van der Waals surface area contributed by atoms with Crippen LogP contribution in [0.5, 0.6) is 11.8 Å². The van der Waals surface area contributed by atoms with Crippen LogP contribution in [0.2, 0.25) is 0 Å². The second kappa shape index (κ2) is 5.62. The number of aromatic hydroxyl groups is 2. The number of hydrogen-bond donors (Lipinski definition) is 2. The number of rotatable bonds is 5. The van der Waals surface area contributed by atoms with Gasteiger partial charge in [-0.2, -0.15) is 0 Å². The Hall–Kier alpha value is -3.28. The molecule has 132 valence electrons. The number of fused-ring (bicyclic) bond motifs is 1. The fraction of sp³-hybridized carbons (Fsp3) is 0.200. The summed E-state index contributed by atoms with van der Waals surface area (Å²) < 4.78 is 1.48. The molecule has 1 heterocycles. The van der Waals surface area contributed by atoms with E-state index >= 15 is 0 Å². The third kappa shape index (κ3) is 2.12. The SMILES string of the molecule is CCC1(c2cccc([N+](=O)[O-])c2)c2c1c(O)n(Cc1ccccc1)c2O. The molecule has 0 saturated carbocycles. The molecule has 1 aliphatic rings. The van der Waals surface area contributed by atoms with Crippen LogP contribution in [0.1, 0.15) is 35.6 Å². The van der Waals surface area contributed by atoms with Gasteiger partial charge in [-0.1, -0.05) is 49.4 Å². The van der Waals surface area contributed by atoms with E-state index in [2.05, 4.69) is 0 Å². The molecule has 0 radical (unpaired) electrons. The van der Waals surface area contributed by atoms with Crippen LogP contribution in [0.25, 0.3) is 0 Å². The Morgan fingerprint density at radius 1 is 1.04 bits per heavy atom. The van der Waals surface area contributed by atoms with E-state index in [4.69, 9.17) is 0 Å². The van der Waals surface area contributed by atoms with E-state index in [0.717, 1.165) is 11.1 Å². The normalized spacial score (nSPS) is 14.0. The fourth-order valence-corrected chi connectivity index (χ4v) is 3.94. The molecule has 1 aliphatic carbocycles. The minimum absolute atomic E-state index is 0.00150. The molecular formula is C20H18N2O4. The summed E-state index contributed by atoms with van der Waals surface area (Å²) in [5.41, 5.74) is 2.36. The van der Waals surface area contributed by atoms with Crippen molar-refractivity contribution in [2.24, 2.45) is 0 Å². The third-order valence-electron chi connectivity index (χ3n) is 5.26. The molecule has 3 aromatic rings. The molecule has 0 aliphatic heterocycles. The van der Waals surface area contributed by atoms with Crippen molar-refractivity contribution in [1.82, 2.24) is 4.57 Å². The van der Waals surface area contributed by atoms with Crippen molar-refractivity contribution in [3.8, 4) is 11.8 Å². The molecule has 6 heteroatoms. The zero-order chi connectivity index (χ0) is 18.5. The van der Waals surface area contributed by atoms with Crippen LogP contribution in [-0.2, 0) is 12.0 Å². The van der Waals surface area contributed by atoms with Gasteiger partial charge >= 0.3 is 0 Å². The van der Waals surface area contributed by atoms with Crippen molar-refractivity contribution in [2.45, 2.75) is 25.3 Å². The molecule has 0 spiro atoms. The predicted octanol–water partition coefficient (Wildman–Crippen LogP) is 3.91. The van der Waals surface area contributed by atoms with Crippen molar-refractivity contribution in [3.63, 3.8) is 0 Å². The van der Waals surface area contributed by atoms with Crippen LogP contribution in [0.4, 0.5) is 5.69 Å². The standard InChI is InChI=1S/C20H18N2O4/c1-2-20(14-9-6-10-15(11-14)22(25)26)16-17(20)19(24)21(18(16)23)12-13-7-4-3-5-8-13/h3-11,23-24H,2,12H2,1H3. The maximum absolute atomic E-state index is 11.1. The molecule has 0 atom stereocenters. The van der Waals surface area contributed by atoms with Crippen LogP contribution in [-0.4, -0.2) is 19.7 Å². The molecule has 0 fully saturated rings. The number of hydrogen-bond acceptors (Lipinski definition) is 4. The number of benzene rings is 2. The van der Waals surface area contributed by atoms with Crippen molar-refractivity contribution in [2.75, 3.05) is 0 Å². The van der Waals surface area contributed by atoms with Crippen LogP contribution in [0, 0.1) is 10.1 Å². The second-order valence-corrected chi connectivity index (χ2v) is 6.54. The van der Waals surface area contributed by atoms with Gasteiger partial charge in [-0.25, -0.2) is 0 Å². The highest BCUT2D eigenvalue weighted by Gasteiger charge is 2.58.